The van der Waals surface area contributed by atoms with E-state index in [2.05, 4.69) is 21.2 Å². The summed E-state index contributed by atoms with van der Waals surface area (Å²) in [6, 6.07) is 2.24. The summed E-state index contributed by atoms with van der Waals surface area (Å²) in [6.07, 6.45) is 4.97. The zero-order valence-corrected chi connectivity index (χ0v) is 13.0. The smallest absolute Gasteiger partial charge is 0.303 e. The molecule has 1 amide bonds. The van der Waals surface area contributed by atoms with E-state index in [-0.39, 0.29) is 18.2 Å². The molecule has 1 fully saturated rings. The number of rotatable bonds is 7. The maximum atomic E-state index is 12.2. The molecule has 0 saturated heterocycles. The highest BCUT2D eigenvalue weighted by Gasteiger charge is 2.27. The number of amides is 1. The average molecular weight is 343 g/mol. The molecule has 0 aromatic carbocycles. The van der Waals surface area contributed by atoms with Crippen molar-refractivity contribution in [1.82, 2.24) is 9.88 Å². The first kappa shape index (κ1) is 15.1. The Kier molecular flexibility index (Phi) is 4.86. The Bertz CT molecular complexity index is 509. The van der Waals surface area contributed by atoms with Crippen molar-refractivity contribution < 1.29 is 14.7 Å². The highest BCUT2D eigenvalue weighted by molar-refractivity contribution is 9.10. The summed E-state index contributed by atoms with van der Waals surface area (Å²) >= 11 is 3.40. The van der Waals surface area contributed by atoms with Crippen molar-refractivity contribution in [2.24, 2.45) is 5.92 Å². The third kappa shape index (κ3) is 3.85. The molecule has 1 aromatic rings. The maximum absolute atomic E-state index is 12.2. The van der Waals surface area contributed by atoms with Gasteiger partial charge < -0.3 is 15.0 Å². The average Bonchev–Trinajstić information content (AvgIpc) is 3.16. The number of aliphatic carboxylic acids is 1. The molecule has 0 spiro atoms. The minimum absolute atomic E-state index is 0.0239. The normalized spacial score (nSPS) is 15.9. The van der Waals surface area contributed by atoms with Gasteiger partial charge in [0, 0.05) is 29.7 Å². The number of nitrogens with zero attached hydrogens (tertiary/aromatic N) is 1. The number of carbonyl (C=O) groups is 2. The van der Waals surface area contributed by atoms with E-state index in [1.165, 1.54) is 0 Å². The Balaban J connectivity index is 1.96. The van der Waals surface area contributed by atoms with Crippen molar-refractivity contribution in [1.29, 1.82) is 0 Å². The third-order valence-corrected chi connectivity index (χ3v) is 4.01. The molecule has 1 aliphatic rings. The summed E-state index contributed by atoms with van der Waals surface area (Å²) in [5.74, 6) is -0.981. The van der Waals surface area contributed by atoms with Gasteiger partial charge in [-0.15, -0.1) is 0 Å². The number of hydrogen-bond acceptors (Lipinski definition) is 2. The Morgan fingerprint density at radius 2 is 2.25 bits per heavy atom. The Morgan fingerprint density at radius 3 is 2.80 bits per heavy atom. The first-order valence-corrected chi connectivity index (χ1v) is 7.68. The van der Waals surface area contributed by atoms with Gasteiger partial charge in [-0.3, -0.25) is 9.59 Å². The van der Waals surface area contributed by atoms with E-state index in [4.69, 9.17) is 5.11 Å². The van der Waals surface area contributed by atoms with Crippen LogP contribution in [0.4, 0.5) is 0 Å². The van der Waals surface area contributed by atoms with Gasteiger partial charge in [-0.25, -0.2) is 0 Å². The Hall–Kier alpha value is -1.30. The molecule has 1 heterocycles. The summed E-state index contributed by atoms with van der Waals surface area (Å²) in [5.41, 5.74) is 0.643. The second-order valence-electron chi connectivity index (χ2n) is 5.26. The SMILES string of the molecule is CCC(CNC(=O)c1cc(Br)cn1C1CC1)CC(=O)O. The van der Waals surface area contributed by atoms with E-state index in [0.29, 0.717) is 18.3 Å². The fourth-order valence-electron chi connectivity index (χ4n) is 2.22. The molecule has 1 aliphatic carbocycles. The standard InChI is InChI=1S/C14H19BrN2O3/c1-2-9(5-13(18)19)7-16-14(20)12-6-10(15)8-17(12)11-3-4-11/h6,8-9,11H,2-5,7H2,1H3,(H,16,20)(H,18,19). The summed E-state index contributed by atoms with van der Waals surface area (Å²) in [5, 5.41) is 11.7. The van der Waals surface area contributed by atoms with Crippen molar-refractivity contribution in [3.8, 4) is 0 Å². The molecule has 1 atom stereocenters. The lowest BCUT2D eigenvalue weighted by Gasteiger charge is -2.14. The van der Waals surface area contributed by atoms with Gasteiger partial charge in [0.25, 0.3) is 5.91 Å². The van der Waals surface area contributed by atoms with Gasteiger partial charge in [-0.2, -0.15) is 0 Å². The molecular weight excluding hydrogens is 324 g/mol. The topological polar surface area (TPSA) is 71.3 Å². The highest BCUT2D eigenvalue weighted by atomic mass is 79.9. The quantitative estimate of drug-likeness (QED) is 0.800. The third-order valence-electron chi connectivity index (χ3n) is 3.58. The molecule has 1 aromatic heterocycles. The van der Waals surface area contributed by atoms with Gasteiger partial charge in [0.1, 0.15) is 5.69 Å². The zero-order chi connectivity index (χ0) is 14.7. The van der Waals surface area contributed by atoms with Crippen LogP contribution in [0.1, 0.15) is 49.1 Å². The van der Waals surface area contributed by atoms with Crippen molar-refractivity contribution >= 4 is 27.8 Å². The molecule has 0 aliphatic heterocycles. The first-order valence-electron chi connectivity index (χ1n) is 6.88. The number of halogens is 1. The lowest BCUT2D eigenvalue weighted by atomic mass is 10.0. The molecule has 0 radical (unpaired) electrons. The minimum atomic E-state index is -0.824. The second kappa shape index (κ2) is 6.43. The summed E-state index contributed by atoms with van der Waals surface area (Å²) in [7, 11) is 0. The van der Waals surface area contributed by atoms with E-state index in [9.17, 15) is 9.59 Å². The molecule has 20 heavy (non-hydrogen) atoms. The van der Waals surface area contributed by atoms with E-state index < -0.39 is 5.97 Å². The molecule has 1 unspecified atom stereocenters. The van der Waals surface area contributed by atoms with E-state index >= 15 is 0 Å². The molecule has 110 valence electrons. The van der Waals surface area contributed by atoms with Crippen molar-refractivity contribution in [3.05, 3.63) is 22.4 Å². The molecule has 2 N–H and O–H groups in total. The number of carboxylic acid groups (broad SMARTS) is 1. The fourth-order valence-corrected chi connectivity index (χ4v) is 2.66. The number of hydrogen-bond donors (Lipinski definition) is 2. The van der Waals surface area contributed by atoms with E-state index in [1.807, 2.05) is 23.8 Å². The van der Waals surface area contributed by atoms with Gasteiger partial charge in [-0.1, -0.05) is 13.3 Å². The largest absolute Gasteiger partial charge is 0.481 e. The molecule has 0 bridgehead atoms. The van der Waals surface area contributed by atoms with Crippen LogP contribution in [0.3, 0.4) is 0 Å². The van der Waals surface area contributed by atoms with Gasteiger partial charge >= 0.3 is 5.97 Å². The summed E-state index contributed by atoms with van der Waals surface area (Å²) in [4.78, 5) is 22.9. The number of carbonyl (C=O) groups excluding carboxylic acids is 1. The zero-order valence-electron chi connectivity index (χ0n) is 11.4. The summed E-state index contributed by atoms with van der Waals surface area (Å²) < 4.78 is 2.89. The van der Waals surface area contributed by atoms with E-state index in [1.54, 1.807) is 0 Å². The predicted octanol–water partition coefficient (Wildman–Crippen LogP) is 2.82. The van der Waals surface area contributed by atoms with Crippen LogP contribution < -0.4 is 5.32 Å². The van der Waals surface area contributed by atoms with Crippen LogP contribution in [0.25, 0.3) is 0 Å². The minimum Gasteiger partial charge on any atom is -0.481 e. The molecule has 1 saturated carbocycles. The van der Waals surface area contributed by atoms with Crippen LogP contribution >= 0.6 is 15.9 Å². The highest BCUT2D eigenvalue weighted by Crippen LogP contribution is 2.37. The number of nitrogens with one attached hydrogen (secondary N) is 1. The molecule has 5 nitrogen and oxygen atoms in total. The fraction of sp³-hybridized carbons (Fsp3) is 0.571. The van der Waals surface area contributed by atoms with Gasteiger partial charge in [0.2, 0.25) is 0 Å². The molecule has 2 rings (SSSR count). The Labute approximate surface area is 126 Å². The lowest BCUT2D eigenvalue weighted by molar-refractivity contribution is -0.138. The second-order valence-corrected chi connectivity index (χ2v) is 6.18. The first-order chi connectivity index (χ1) is 9.51. The number of carboxylic acids is 1. The van der Waals surface area contributed by atoms with Crippen LogP contribution in [-0.4, -0.2) is 28.1 Å². The maximum Gasteiger partial charge on any atom is 0.303 e. The number of aromatic nitrogens is 1. The van der Waals surface area contributed by atoms with Crippen LogP contribution in [0.2, 0.25) is 0 Å². The Morgan fingerprint density at radius 1 is 1.55 bits per heavy atom. The monoisotopic (exact) mass is 342 g/mol. The van der Waals surface area contributed by atoms with Crippen molar-refractivity contribution in [2.45, 2.75) is 38.6 Å². The summed E-state index contributed by atoms with van der Waals surface area (Å²) in [6.45, 7) is 2.33. The van der Waals surface area contributed by atoms with Gasteiger partial charge in [0.15, 0.2) is 0 Å². The van der Waals surface area contributed by atoms with Crippen LogP contribution in [-0.2, 0) is 4.79 Å². The molecule has 6 heteroatoms. The van der Waals surface area contributed by atoms with E-state index in [0.717, 1.165) is 23.7 Å². The van der Waals surface area contributed by atoms with Crippen LogP contribution in [0.5, 0.6) is 0 Å². The molecular formula is C14H19BrN2O3. The van der Waals surface area contributed by atoms with Crippen molar-refractivity contribution in [2.75, 3.05) is 6.54 Å². The van der Waals surface area contributed by atoms with Crippen LogP contribution in [0, 0.1) is 5.92 Å². The lowest BCUT2D eigenvalue weighted by Crippen LogP contribution is -2.31. The van der Waals surface area contributed by atoms with Crippen molar-refractivity contribution in [3.63, 3.8) is 0 Å². The van der Waals surface area contributed by atoms with Crippen LogP contribution in [0.15, 0.2) is 16.7 Å². The van der Waals surface area contributed by atoms with Gasteiger partial charge in [0.05, 0.1) is 0 Å². The predicted molar refractivity (Wildman–Crippen MR) is 78.8 cm³/mol. The van der Waals surface area contributed by atoms with Gasteiger partial charge in [-0.05, 0) is 40.8 Å².